The molecule has 2 nitrogen and oxygen atoms in total. The van der Waals surface area contributed by atoms with E-state index in [0.29, 0.717) is 5.69 Å². The summed E-state index contributed by atoms with van der Waals surface area (Å²) in [6.07, 6.45) is 0. The Balaban J connectivity index is 2.33. The van der Waals surface area contributed by atoms with Crippen molar-refractivity contribution in [2.75, 3.05) is 11.9 Å². The topological polar surface area (TPSA) is 29.3 Å². The van der Waals surface area contributed by atoms with Crippen LogP contribution in [0.25, 0.3) is 0 Å². The summed E-state index contributed by atoms with van der Waals surface area (Å²) in [6, 6.07) is 13.0. The van der Waals surface area contributed by atoms with E-state index in [1.54, 1.807) is 6.07 Å². The SMILES string of the molecule is Cc1ccc(N(C)c2ccc(C(C)N)cc2F)cc1. The van der Waals surface area contributed by atoms with Gasteiger partial charge in [-0.1, -0.05) is 23.8 Å². The molecule has 0 amide bonds. The van der Waals surface area contributed by atoms with Crippen LogP contribution < -0.4 is 10.6 Å². The average Bonchev–Trinajstić information content (AvgIpc) is 2.38. The zero-order valence-corrected chi connectivity index (χ0v) is 11.5. The minimum absolute atomic E-state index is 0.159. The number of nitrogens with two attached hydrogens (primary N) is 1. The summed E-state index contributed by atoms with van der Waals surface area (Å²) in [5.74, 6) is -0.252. The Morgan fingerprint density at radius 3 is 2.26 bits per heavy atom. The maximum atomic E-state index is 14.1. The Morgan fingerprint density at radius 1 is 1.11 bits per heavy atom. The van der Waals surface area contributed by atoms with E-state index in [2.05, 4.69) is 0 Å². The lowest BCUT2D eigenvalue weighted by Gasteiger charge is -2.21. The molecule has 0 saturated heterocycles. The van der Waals surface area contributed by atoms with Crippen LogP contribution in [0.4, 0.5) is 15.8 Å². The van der Waals surface area contributed by atoms with E-state index in [1.165, 1.54) is 11.6 Å². The van der Waals surface area contributed by atoms with Crippen LogP contribution in [0.5, 0.6) is 0 Å². The van der Waals surface area contributed by atoms with Crippen LogP contribution in [-0.2, 0) is 0 Å². The van der Waals surface area contributed by atoms with E-state index >= 15 is 0 Å². The molecule has 0 heterocycles. The second kappa shape index (κ2) is 5.41. The Labute approximate surface area is 113 Å². The first-order valence-electron chi connectivity index (χ1n) is 6.34. The van der Waals surface area contributed by atoms with Crippen molar-refractivity contribution < 1.29 is 4.39 Å². The van der Waals surface area contributed by atoms with Crippen LogP contribution in [0.3, 0.4) is 0 Å². The van der Waals surface area contributed by atoms with Crippen molar-refractivity contribution in [3.63, 3.8) is 0 Å². The molecular weight excluding hydrogens is 239 g/mol. The van der Waals surface area contributed by atoms with Crippen molar-refractivity contribution in [1.82, 2.24) is 0 Å². The van der Waals surface area contributed by atoms with Gasteiger partial charge in [-0.15, -0.1) is 0 Å². The number of rotatable bonds is 3. The van der Waals surface area contributed by atoms with Crippen molar-refractivity contribution in [1.29, 1.82) is 0 Å². The van der Waals surface area contributed by atoms with E-state index < -0.39 is 0 Å². The lowest BCUT2D eigenvalue weighted by atomic mass is 10.1. The van der Waals surface area contributed by atoms with Crippen LogP contribution >= 0.6 is 0 Å². The molecule has 2 N–H and O–H groups in total. The van der Waals surface area contributed by atoms with Crippen molar-refractivity contribution in [3.8, 4) is 0 Å². The molecule has 1 atom stereocenters. The standard InChI is InChI=1S/C16H19FN2/c1-11-4-7-14(8-5-11)19(3)16-9-6-13(12(2)18)10-15(16)17/h4-10,12H,18H2,1-3H3. The fourth-order valence-corrected chi connectivity index (χ4v) is 1.99. The lowest BCUT2D eigenvalue weighted by molar-refractivity contribution is 0.622. The molecule has 2 aromatic carbocycles. The third kappa shape index (κ3) is 2.93. The van der Waals surface area contributed by atoms with Crippen molar-refractivity contribution in [2.24, 2.45) is 5.73 Å². The fraction of sp³-hybridized carbons (Fsp3) is 0.250. The largest absolute Gasteiger partial charge is 0.342 e. The Hall–Kier alpha value is -1.87. The number of halogens is 1. The van der Waals surface area contributed by atoms with E-state index in [4.69, 9.17) is 5.73 Å². The second-order valence-electron chi connectivity index (χ2n) is 4.89. The highest BCUT2D eigenvalue weighted by atomic mass is 19.1. The molecule has 0 spiro atoms. The molecule has 0 aliphatic carbocycles. The molecule has 1 unspecified atom stereocenters. The van der Waals surface area contributed by atoms with Gasteiger partial charge in [0.25, 0.3) is 0 Å². The quantitative estimate of drug-likeness (QED) is 0.904. The predicted octanol–water partition coefficient (Wildman–Crippen LogP) is 3.92. The number of nitrogens with zero attached hydrogens (tertiary/aromatic N) is 1. The summed E-state index contributed by atoms with van der Waals surface area (Å²) in [6.45, 7) is 3.87. The lowest BCUT2D eigenvalue weighted by Crippen LogP contribution is -2.12. The summed E-state index contributed by atoms with van der Waals surface area (Å²) in [7, 11) is 1.86. The van der Waals surface area contributed by atoms with Gasteiger partial charge in [-0.3, -0.25) is 0 Å². The predicted molar refractivity (Wildman–Crippen MR) is 78.2 cm³/mol. The van der Waals surface area contributed by atoms with Gasteiger partial charge in [-0.2, -0.15) is 0 Å². The third-order valence-electron chi connectivity index (χ3n) is 3.28. The molecule has 0 radical (unpaired) electrons. The molecule has 0 fully saturated rings. The van der Waals surface area contributed by atoms with Crippen LogP contribution in [-0.4, -0.2) is 7.05 Å². The van der Waals surface area contributed by atoms with E-state index in [-0.39, 0.29) is 11.9 Å². The Kier molecular flexibility index (Phi) is 3.86. The van der Waals surface area contributed by atoms with Gasteiger partial charge in [0, 0.05) is 18.8 Å². The molecule has 0 aromatic heterocycles. The minimum atomic E-state index is -0.252. The van der Waals surface area contributed by atoms with E-state index in [0.717, 1.165) is 11.3 Å². The smallest absolute Gasteiger partial charge is 0.147 e. The third-order valence-corrected chi connectivity index (χ3v) is 3.28. The average molecular weight is 258 g/mol. The van der Waals surface area contributed by atoms with Crippen LogP contribution in [0, 0.1) is 12.7 Å². The van der Waals surface area contributed by atoms with Crippen LogP contribution in [0.2, 0.25) is 0 Å². The van der Waals surface area contributed by atoms with Gasteiger partial charge >= 0.3 is 0 Å². The first-order valence-corrected chi connectivity index (χ1v) is 6.34. The number of anilines is 2. The summed E-state index contributed by atoms with van der Waals surface area (Å²) in [5, 5.41) is 0. The zero-order chi connectivity index (χ0) is 14.0. The van der Waals surface area contributed by atoms with Gasteiger partial charge in [-0.25, -0.2) is 4.39 Å². The summed E-state index contributed by atoms with van der Waals surface area (Å²) >= 11 is 0. The highest BCUT2D eigenvalue weighted by molar-refractivity contribution is 5.63. The normalized spacial score (nSPS) is 12.3. The molecule has 2 aromatic rings. The van der Waals surface area contributed by atoms with Crippen LogP contribution in [0.15, 0.2) is 42.5 Å². The Bertz CT molecular complexity index is 561. The number of aryl methyl sites for hydroxylation is 1. The fourth-order valence-electron chi connectivity index (χ4n) is 1.99. The highest BCUT2D eigenvalue weighted by Crippen LogP contribution is 2.28. The molecule has 19 heavy (non-hydrogen) atoms. The van der Waals surface area contributed by atoms with E-state index in [1.807, 2.05) is 56.1 Å². The van der Waals surface area contributed by atoms with Gasteiger partial charge in [0.15, 0.2) is 0 Å². The summed E-state index contributed by atoms with van der Waals surface area (Å²) in [4.78, 5) is 1.83. The molecule has 100 valence electrons. The monoisotopic (exact) mass is 258 g/mol. The Morgan fingerprint density at radius 2 is 1.74 bits per heavy atom. The summed E-state index contributed by atoms with van der Waals surface area (Å²) < 4.78 is 14.1. The molecular formula is C16H19FN2. The van der Waals surface area contributed by atoms with Gasteiger partial charge in [0.1, 0.15) is 5.82 Å². The molecule has 0 aliphatic rings. The maximum Gasteiger partial charge on any atom is 0.147 e. The first kappa shape index (κ1) is 13.6. The number of hydrogen-bond donors (Lipinski definition) is 1. The van der Waals surface area contributed by atoms with Crippen molar-refractivity contribution in [2.45, 2.75) is 19.9 Å². The van der Waals surface area contributed by atoms with Gasteiger partial charge in [0.05, 0.1) is 5.69 Å². The zero-order valence-electron chi connectivity index (χ0n) is 11.5. The molecule has 0 aliphatic heterocycles. The van der Waals surface area contributed by atoms with Gasteiger partial charge in [-0.05, 0) is 43.7 Å². The second-order valence-corrected chi connectivity index (χ2v) is 4.89. The van der Waals surface area contributed by atoms with E-state index in [9.17, 15) is 4.39 Å². The molecule has 0 bridgehead atoms. The van der Waals surface area contributed by atoms with Gasteiger partial charge in [0.2, 0.25) is 0 Å². The van der Waals surface area contributed by atoms with Crippen LogP contribution in [0.1, 0.15) is 24.1 Å². The molecule has 2 rings (SSSR count). The highest BCUT2D eigenvalue weighted by Gasteiger charge is 2.11. The van der Waals surface area contributed by atoms with Crippen molar-refractivity contribution in [3.05, 3.63) is 59.4 Å². The molecule has 3 heteroatoms. The summed E-state index contributed by atoms with van der Waals surface area (Å²) in [5.41, 5.74) is 9.25. The minimum Gasteiger partial charge on any atom is -0.342 e. The number of benzene rings is 2. The maximum absolute atomic E-state index is 14.1. The molecule has 0 saturated carbocycles. The van der Waals surface area contributed by atoms with Gasteiger partial charge < -0.3 is 10.6 Å². The first-order chi connectivity index (χ1) is 8.99. The van der Waals surface area contributed by atoms with Crippen molar-refractivity contribution >= 4 is 11.4 Å². The number of hydrogen-bond acceptors (Lipinski definition) is 2.